The summed E-state index contributed by atoms with van der Waals surface area (Å²) >= 11 is 1.53. The van der Waals surface area contributed by atoms with Crippen molar-refractivity contribution in [3.63, 3.8) is 0 Å². The summed E-state index contributed by atoms with van der Waals surface area (Å²) in [6.45, 7) is 7.28. The van der Waals surface area contributed by atoms with Gasteiger partial charge in [0.2, 0.25) is 5.91 Å². The standard InChI is InChI=1S/C19H25N3OS/c1-14(2)12-22(16-8-9-16)18(23)13-24-19-20-10-11-21(19)17-7-5-4-6-15(17)3/h4-7,10-11,14,16H,8-9,12-13H2,1-3H3. The molecule has 3 rings (SSSR count). The van der Waals surface area contributed by atoms with Gasteiger partial charge < -0.3 is 4.90 Å². The zero-order valence-electron chi connectivity index (χ0n) is 14.6. The van der Waals surface area contributed by atoms with E-state index in [1.165, 1.54) is 17.3 Å². The van der Waals surface area contributed by atoms with E-state index < -0.39 is 0 Å². The topological polar surface area (TPSA) is 38.1 Å². The molecule has 0 N–H and O–H groups in total. The van der Waals surface area contributed by atoms with E-state index in [9.17, 15) is 4.79 Å². The van der Waals surface area contributed by atoms with Crippen molar-refractivity contribution in [3.8, 4) is 5.69 Å². The Morgan fingerprint density at radius 2 is 2.12 bits per heavy atom. The Balaban J connectivity index is 1.68. The van der Waals surface area contributed by atoms with Gasteiger partial charge in [-0.05, 0) is 37.3 Å². The molecule has 5 heteroatoms. The first kappa shape index (κ1) is 17.1. The van der Waals surface area contributed by atoms with Gasteiger partial charge in [0.1, 0.15) is 0 Å². The van der Waals surface area contributed by atoms with Crippen LogP contribution in [0, 0.1) is 12.8 Å². The van der Waals surface area contributed by atoms with E-state index in [1.54, 1.807) is 6.20 Å². The van der Waals surface area contributed by atoms with Gasteiger partial charge in [-0.3, -0.25) is 9.36 Å². The second kappa shape index (κ2) is 7.43. The summed E-state index contributed by atoms with van der Waals surface area (Å²) in [6, 6.07) is 8.70. The molecule has 1 aromatic carbocycles. The SMILES string of the molecule is Cc1ccccc1-n1ccnc1SCC(=O)N(CC(C)C)C1CC1. The highest BCUT2D eigenvalue weighted by molar-refractivity contribution is 7.99. The van der Waals surface area contributed by atoms with Gasteiger partial charge >= 0.3 is 0 Å². The number of amides is 1. The number of imidazole rings is 1. The van der Waals surface area contributed by atoms with Gasteiger partial charge in [0.05, 0.1) is 11.4 Å². The number of nitrogens with zero attached hydrogens (tertiary/aromatic N) is 3. The number of hydrogen-bond donors (Lipinski definition) is 0. The fourth-order valence-electron chi connectivity index (χ4n) is 2.86. The minimum atomic E-state index is 0.232. The van der Waals surface area contributed by atoms with Crippen LogP contribution in [-0.4, -0.2) is 38.7 Å². The predicted molar refractivity (Wildman–Crippen MR) is 98.6 cm³/mol. The van der Waals surface area contributed by atoms with E-state index in [1.807, 2.05) is 18.3 Å². The van der Waals surface area contributed by atoms with Crippen LogP contribution in [-0.2, 0) is 4.79 Å². The third kappa shape index (κ3) is 4.01. The molecule has 0 radical (unpaired) electrons. The van der Waals surface area contributed by atoms with Crippen LogP contribution in [0.15, 0.2) is 41.8 Å². The molecule has 0 atom stereocenters. The highest BCUT2D eigenvalue weighted by Gasteiger charge is 2.32. The van der Waals surface area contributed by atoms with E-state index >= 15 is 0 Å². The van der Waals surface area contributed by atoms with Crippen LogP contribution in [0.5, 0.6) is 0 Å². The summed E-state index contributed by atoms with van der Waals surface area (Å²) in [4.78, 5) is 19.1. The van der Waals surface area contributed by atoms with Crippen molar-refractivity contribution in [2.24, 2.45) is 5.92 Å². The molecule has 0 bridgehead atoms. The van der Waals surface area contributed by atoms with Crippen molar-refractivity contribution in [2.45, 2.75) is 44.8 Å². The van der Waals surface area contributed by atoms with Crippen molar-refractivity contribution in [3.05, 3.63) is 42.2 Å². The molecule has 1 fully saturated rings. The van der Waals surface area contributed by atoms with Crippen molar-refractivity contribution in [2.75, 3.05) is 12.3 Å². The molecular formula is C19H25N3OS. The van der Waals surface area contributed by atoms with Crippen LogP contribution < -0.4 is 0 Å². The third-order valence-corrected chi connectivity index (χ3v) is 5.13. The molecule has 1 aromatic heterocycles. The van der Waals surface area contributed by atoms with Crippen molar-refractivity contribution < 1.29 is 4.79 Å². The monoisotopic (exact) mass is 343 g/mol. The van der Waals surface area contributed by atoms with Gasteiger partial charge in [0.15, 0.2) is 5.16 Å². The lowest BCUT2D eigenvalue weighted by atomic mass is 10.2. The maximum absolute atomic E-state index is 12.6. The summed E-state index contributed by atoms with van der Waals surface area (Å²) in [7, 11) is 0. The van der Waals surface area contributed by atoms with Crippen LogP contribution in [0.2, 0.25) is 0 Å². The number of hydrogen-bond acceptors (Lipinski definition) is 3. The smallest absolute Gasteiger partial charge is 0.233 e. The van der Waals surface area contributed by atoms with E-state index in [-0.39, 0.29) is 5.91 Å². The average molecular weight is 343 g/mol. The Kier molecular flexibility index (Phi) is 5.29. The number of aryl methyl sites for hydroxylation is 1. The summed E-state index contributed by atoms with van der Waals surface area (Å²) in [5, 5.41) is 0.873. The molecule has 4 nitrogen and oxygen atoms in total. The van der Waals surface area contributed by atoms with Gasteiger partial charge in [0, 0.05) is 25.0 Å². The Bertz CT molecular complexity index is 706. The Morgan fingerprint density at radius 3 is 2.79 bits per heavy atom. The normalized spacial score (nSPS) is 14.2. The first-order chi connectivity index (χ1) is 11.6. The Labute approximate surface area is 148 Å². The molecule has 1 aliphatic carbocycles. The summed E-state index contributed by atoms with van der Waals surface area (Å²) in [5.41, 5.74) is 2.31. The second-order valence-corrected chi connectivity index (χ2v) is 7.77. The first-order valence-corrected chi connectivity index (χ1v) is 9.56. The van der Waals surface area contributed by atoms with Gasteiger partial charge in [-0.1, -0.05) is 43.8 Å². The minimum absolute atomic E-state index is 0.232. The molecule has 1 amide bonds. The third-order valence-electron chi connectivity index (χ3n) is 4.18. The number of carbonyl (C=O) groups is 1. The largest absolute Gasteiger partial charge is 0.339 e. The first-order valence-electron chi connectivity index (χ1n) is 8.58. The lowest BCUT2D eigenvalue weighted by Crippen LogP contribution is -2.37. The molecule has 2 aromatic rings. The highest BCUT2D eigenvalue weighted by Crippen LogP contribution is 2.29. The number of para-hydroxylation sites is 1. The van der Waals surface area contributed by atoms with Crippen LogP contribution >= 0.6 is 11.8 Å². The van der Waals surface area contributed by atoms with Crippen LogP contribution in [0.25, 0.3) is 5.69 Å². The van der Waals surface area contributed by atoms with Crippen LogP contribution in [0.3, 0.4) is 0 Å². The van der Waals surface area contributed by atoms with E-state index in [0.717, 1.165) is 30.2 Å². The second-order valence-electron chi connectivity index (χ2n) is 6.83. The summed E-state index contributed by atoms with van der Waals surface area (Å²) in [6.07, 6.45) is 6.07. The van der Waals surface area contributed by atoms with Crippen molar-refractivity contribution in [1.82, 2.24) is 14.5 Å². The van der Waals surface area contributed by atoms with E-state index in [2.05, 4.69) is 47.4 Å². The van der Waals surface area contributed by atoms with Crippen LogP contribution in [0.4, 0.5) is 0 Å². The predicted octanol–water partition coefficient (Wildman–Crippen LogP) is 3.92. The highest BCUT2D eigenvalue weighted by atomic mass is 32.2. The maximum atomic E-state index is 12.6. The van der Waals surface area contributed by atoms with Gasteiger partial charge in [-0.15, -0.1) is 0 Å². The molecule has 128 valence electrons. The Morgan fingerprint density at radius 1 is 1.38 bits per heavy atom. The molecule has 1 saturated carbocycles. The molecule has 0 aliphatic heterocycles. The van der Waals surface area contributed by atoms with Crippen LogP contribution in [0.1, 0.15) is 32.3 Å². The summed E-state index contributed by atoms with van der Waals surface area (Å²) < 4.78 is 2.07. The lowest BCUT2D eigenvalue weighted by molar-refractivity contribution is -0.129. The van der Waals surface area contributed by atoms with E-state index in [0.29, 0.717) is 17.7 Å². The fourth-order valence-corrected chi connectivity index (χ4v) is 3.71. The molecule has 0 spiro atoms. The van der Waals surface area contributed by atoms with Gasteiger partial charge in [-0.2, -0.15) is 0 Å². The molecule has 1 aliphatic rings. The van der Waals surface area contributed by atoms with Gasteiger partial charge in [-0.25, -0.2) is 4.98 Å². The average Bonchev–Trinajstić information content (AvgIpc) is 3.29. The minimum Gasteiger partial charge on any atom is -0.339 e. The fraction of sp³-hybridized carbons (Fsp3) is 0.474. The number of thioether (sulfide) groups is 1. The van der Waals surface area contributed by atoms with Crippen molar-refractivity contribution >= 4 is 17.7 Å². The zero-order valence-corrected chi connectivity index (χ0v) is 15.4. The maximum Gasteiger partial charge on any atom is 0.233 e. The lowest BCUT2D eigenvalue weighted by Gasteiger charge is -2.24. The Hall–Kier alpha value is -1.75. The number of rotatable bonds is 7. The molecule has 1 heterocycles. The zero-order chi connectivity index (χ0) is 17.1. The number of carbonyl (C=O) groups excluding carboxylic acids is 1. The molecule has 0 saturated heterocycles. The summed E-state index contributed by atoms with van der Waals surface area (Å²) in [5.74, 6) is 1.19. The van der Waals surface area contributed by atoms with Crippen molar-refractivity contribution in [1.29, 1.82) is 0 Å². The number of benzene rings is 1. The quantitative estimate of drug-likeness (QED) is 0.715. The van der Waals surface area contributed by atoms with Gasteiger partial charge in [0.25, 0.3) is 0 Å². The molecular weight excluding hydrogens is 318 g/mol. The molecule has 0 unspecified atom stereocenters. The number of aromatic nitrogens is 2. The molecule has 24 heavy (non-hydrogen) atoms. The van der Waals surface area contributed by atoms with E-state index in [4.69, 9.17) is 0 Å².